The number of anilines is 1. The van der Waals surface area contributed by atoms with Crippen LogP contribution in [0.4, 0.5) is 5.69 Å². The number of benzene rings is 1. The fourth-order valence-corrected chi connectivity index (χ4v) is 2.78. The van der Waals surface area contributed by atoms with Crippen molar-refractivity contribution in [1.82, 2.24) is 0 Å². The average Bonchev–Trinajstić information content (AvgIpc) is 2.32. The van der Waals surface area contributed by atoms with Crippen molar-refractivity contribution in [2.45, 2.75) is 17.7 Å². The molecule has 1 aromatic rings. The number of rotatable bonds is 4. The number of carbonyl (C=O) groups is 1. The Labute approximate surface area is 105 Å². The summed E-state index contributed by atoms with van der Waals surface area (Å²) < 4.78 is 26.9. The Morgan fingerprint density at radius 3 is 2.78 bits per heavy atom. The van der Waals surface area contributed by atoms with E-state index in [0.717, 1.165) is 0 Å². The van der Waals surface area contributed by atoms with Crippen LogP contribution in [-0.2, 0) is 14.8 Å². The van der Waals surface area contributed by atoms with Gasteiger partial charge in [-0.3, -0.25) is 4.79 Å². The van der Waals surface area contributed by atoms with Gasteiger partial charge >= 0.3 is 5.97 Å². The van der Waals surface area contributed by atoms with E-state index in [0.29, 0.717) is 18.7 Å². The number of hydrogen-bond acceptors (Lipinski definition) is 4. The van der Waals surface area contributed by atoms with Crippen molar-refractivity contribution in [2.24, 2.45) is 4.40 Å². The van der Waals surface area contributed by atoms with Crippen molar-refractivity contribution in [2.75, 3.05) is 11.4 Å². The number of aliphatic carboxylic acids is 1. The van der Waals surface area contributed by atoms with Gasteiger partial charge in [0.25, 0.3) is 10.0 Å². The highest BCUT2D eigenvalue weighted by atomic mass is 32.2. The lowest BCUT2D eigenvalue weighted by Crippen LogP contribution is -2.28. The van der Waals surface area contributed by atoms with Crippen LogP contribution in [0.5, 0.6) is 0 Å². The first kappa shape index (κ1) is 12.6. The summed E-state index contributed by atoms with van der Waals surface area (Å²) in [6.45, 7) is 0.419. The van der Waals surface area contributed by atoms with E-state index < -0.39 is 16.0 Å². The van der Waals surface area contributed by atoms with Crippen LogP contribution >= 0.6 is 0 Å². The maximum Gasteiger partial charge on any atom is 0.303 e. The lowest BCUT2D eigenvalue weighted by molar-refractivity contribution is -0.137. The zero-order valence-corrected chi connectivity index (χ0v) is 10.3. The molecule has 0 aromatic heterocycles. The third-order valence-electron chi connectivity index (χ3n) is 2.57. The maximum absolute atomic E-state index is 11.7. The van der Waals surface area contributed by atoms with Crippen molar-refractivity contribution in [3.63, 3.8) is 0 Å². The molecular formula is C11H12N2O4S. The molecule has 18 heavy (non-hydrogen) atoms. The van der Waals surface area contributed by atoms with Crippen molar-refractivity contribution >= 4 is 28.0 Å². The lowest BCUT2D eigenvalue weighted by Gasteiger charge is -2.24. The number of nitrogens with zero attached hydrogens (tertiary/aromatic N) is 2. The smallest absolute Gasteiger partial charge is 0.303 e. The Bertz CT molecular complexity index is 595. The molecule has 1 aromatic carbocycles. The second-order valence-corrected chi connectivity index (χ2v) is 5.46. The first-order chi connectivity index (χ1) is 8.50. The van der Waals surface area contributed by atoms with E-state index in [-0.39, 0.29) is 11.3 Å². The Balaban J connectivity index is 2.22. The molecule has 1 N–H and O–H groups in total. The second kappa shape index (κ2) is 4.77. The van der Waals surface area contributed by atoms with Crippen molar-refractivity contribution < 1.29 is 18.3 Å². The standard InChI is InChI=1S/C11H12N2O4S/c14-11(15)6-3-7-13-8-12-18(16,17)10-5-2-1-4-9(10)13/h1-2,4-5,8H,3,6-7H2,(H,14,15). The van der Waals surface area contributed by atoms with Crippen LogP contribution in [0.2, 0.25) is 0 Å². The van der Waals surface area contributed by atoms with Gasteiger partial charge in [0.05, 0.1) is 5.69 Å². The molecule has 0 spiro atoms. The Kier molecular flexibility index (Phi) is 3.33. The highest BCUT2D eigenvalue weighted by molar-refractivity contribution is 7.90. The van der Waals surface area contributed by atoms with E-state index in [1.165, 1.54) is 12.4 Å². The number of carboxylic acids is 1. The number of hydrogen-bond donors (Lipinski definition) is 1. The molecule has 0 unspecified atom stereocenters. The molecule has 96 valence electrons. The molecule has 0 amide bonds. The Morgan fingerprint density at radius 2 is 2.06 bits per heavy atom. The first-order valence-electron chi connectivity index (χ1n) is 5.38. The minimum Gasteiger partial charge on any atom is -0.481 e. The zero-order chi connectivity index (χ0) is 13.2. The predicted molar refractivity (Wildman–Crippen MR) is 66.3 cm³/mol. The Morgan fingerprint density at radius 1 is 1.33 bits per heavy atom. The first-order valence-corrected chi connectivity index (χ1v) is 6.82. The molecule has 0 radical (unpaired) electrons. The summed E-state index contributed by atoms with van der Waals surface area (Å²) in [5.41, 5.74) is 0.540. The molecule has 0 atom stereocenters. The second-order valence-electron chi connectivity index (χ2n) is 3.85. The monoisotopic (exact) mass is 268 g/mol. The summed E-state index contributed by atoms with van der Waals surface area (Å²) in [4.78, 5) is 12.2. The summed E-state index contributed by atoms with van der Waals surface area (Å²) in [5.74, 6) is -0.871. The minimum absolute atomic E-state index is 0.0409. The van der Waals surface area contributed by atoms with Crippen LogP contribution in [0.15, 0.2) is 33.6 Å². The van der Waals surface area contributed by atoms with Gasteiger partial charge in [-0.2, -0.15) is 8.42 Å². The van der Waals surface area contributed by atoms with E-state index in [4.69, 9.17) is 5.11 Å². The molecule has 0 saturated carbocycles. The summed E-state index contributed by atoms with van der Waals surface area (Å²) in [6.07, 6.45) is 1.70. The molecule has 0 aliphatic carbocycles. The maximum atomic E-state index is 11.7. The quantitative estimate of drug-likeness (QED) is 0.883. The normalized spacial score (nSPS) is 16.3. The molecule has 6 nitrogen and oxygen atoms in total. The fourth-order valence-electron chi connectivity index (χ4n) is 1.73. The van der Waals surface area contributed by atoms with E-state index >= 15 is 0 Å². The van der Waals surface area contributed by atoms with E-state index in [9.17, 15) is 13.2 Å². The number of sulfonamides is 1. The van der Waals surface area contributed by atoms with Crippen molar-refractivity contribution in [3.05, 3.63) is 24.3 Å². The molecular weight excluding hydrogens is 256 g/mol. The molecule has 1 aliphatic heterocycles. The zero-order valence-electron chi connectivity index (χ0n) is 9.48. The van der Waals surface area contributed by atoms with Crippen LogP contribution in [0.3, 0.4) is 0 Å². The van der Waals surface area contributed by atoms with Gasteiger partial charge < -0.3 is 10.0 Å². The molecule has 0 fully saturated rings. The molecule has 2 rings (SSSR count). The van der Waals surface area contributed by atoms with Crippen LogP contribution in [0.1, 0.15) is 12.8 Å². The number of fused-ring (bicyclic) bond motifs is 1. The van der Waals surface area contributed by atoms with Crippen molar-refractivity contribution in [3.8, 4) is 0 Å². The summed E-state index contributed by atoms with van der Waals surface area (Å²) >= 11 is 0. The SMILES string of the molecule is O=C(O)CCCN1C=NS(=O)(=O)c2ccccc21. The topological polar surface area (TPSA) is 87.0 Å². The molecule has 7 heteroatoms. The van der Waals surface area contributed by atoms with Gasteiger partial charge in [0.2, 0.25) is 0 Å². The minimum atomic E-state index is -3.60. The lowest BCUT2D eigenvalue weighted by atomic mass is 10.2. The predicted octanol–water partition coefficient (Wildman–Crippen LogP) is 1.09. The van der Waals surface area contributed by atoms with Gasteiger partial charge in [-0.1, -0.05) is 12.1 Å². The molecule has 1 aliphatic rings. The summed E-state index contributed by atoms with van der Waals surface area (Å²) in [6, 6.07) is 6.54. The van der Waals surface area contributed by atoms with Crippen LogP contribution in [0, 0.1) is 0 Å². The number of carboxylic acid groups (broad SMARTS) is 1. The summed E-state index contributed by atoms with van der Waals surface area (Å²) in [5, 5.41) is 8.57. The highest BCUT2D eigenvalue weighted by Gasteiger charge is 2.24. The summed E-state index contributed by atoms with van der Waals surface area (Å²) in [7, 11) is -3.60. The molecule has 1 heterocycles. The van der Waals surface area contributed by atoms with Crippen LogP contribution < -0.4 is 4.90 Å². The van der Waals surface area contributed by atoms with Gasteiger partial charge in [0.15, 0.2) is 0 Å². The van der Waals surface area contributed by atoms with Gasteiger partial charge in [-0.15, -0.1) is 4.40 Å². The van der Waals surface area contributed by atoms with Gasteiger partial charge in [0, 0.05) is 13.0 Å². The van der Waals surface area contributed by atoms with E-state index in [1.54, 1.807) is 23.1 Å². The molecule has 0 bridgehead atoms. The largest absolute Gasteiger partial charge is 0.481 e. The third kappa shape index (κ3) is 2.51. The van der Waals surface area contributed by atoms with Gasteiger partial charge in [-0.25, -0.2) is 0 Å². The number of para-hydroxylation sites is 1. The van der Waals surface area contributed by atoms with E-state index in [1.807, 2.05) is 0 Å². The Hall–Kier alpha value is -1.89. The van der Waals surface area contributed by atoms with Crippen LogP contribution in [-0.4, -0.2) is 32.4 Å². The molecule has 0 saturated heterocycles. The van der Waals surface area contributed by atoms with Gasteiger partial charge in [0.1, 0.15) is 11.2 Å². The van der Waals surface area contributed by atoms with E-state index in [2.05, 4.69) is 4.40 Å². The van der Waals surface area contributed by atoms with Crippen LogP contribution in [0.25, 0.3) is 0 Å². The van der Waals surface area contributed by atoms with Crippen molar-refractivity contribution in [1.29, 1.82) is 0 Å². The third-order valence-corrected chi connectivity index (χ3v) is 3.84. The van der Waals surface area contributed by atoms with Gasteiger partial charge in [-0.05, 0) is 18.6 Å². The average molecular weight is 268 g/mol. The highest BCUT2D eigenvalue weighted by Crippen LogP contribution is 2.29. The fraction of sp³-hybridized carbons (Fsp3) is 0.273.